The standard InChI is InChI=1S/C19H17N3O.C2HF3O2/c1-12(21)14-8-9-15-16(10-14)18(13-6-4-3-5-7-13)17(11-20)22(2)19(15)23;3-2(4,5)1(6)7/h3-10,12H,21H2,1-2H3;(H,6,7). The molecule has 0 spiro atoms. The van der Waals surface area contributed by atoms with Crippen molar-refractivity contribution in [1.29, 1.82) is 5.26 Å². The molecule has 6 nitrogen and oxygen atoms in total. The molecular formula is C21H18F3N3O3. The Balaban J connectivity index is 0.000000396. The summed E-state index contributed by atoms with van der Waals surface area (Å²) in [5, 5.41) is 18.1. The molecule has 1 atom stereocenters. The van der Waals surface area contributed by atoms with Gasteiger partial charge in [-0.2, -0.15) is 18.4 Å². The third-order valence-corrected chi connectivity index (χ3v) is 4.36. The largest absolute Gasteiger partial charge is 0.490 e. The minimum absolute atomic E-state index is 0.141. The van der Waals surface area contributed by atoms with E-state index in [9.17, 15) is 23.2 Å². The van der Waals surface area contributed by atoms with Gasteiger partial charge in [-0.05, 0) is 35.6 Å². The van der Waals surface area contributed by atoms with Crippen LogP contribution in [0, 0.1) is 11.3 Å². The van der Waals surface area contributed by atoms with Crippen molar-refractivity contribution in [2.45, 2.75) is 19.1 Å². The number of benzene rings is 2. The number of pyridine rings is 1. The zero-order chi connectivity index (χ0) is 22.6. The molecule has 0 saturated carbocycles. The predicted molar refractivity (Wildman–Crippen MR) is 106 cm³/mol. The van der Waals surface area contributed by atoms with Crippen LogP contribution in [0.25, 0.3) is 21.9 Å². The normalized spacial score (nSPS) is 11.9. The number of nitrogens with zero attached hydrogens (tertiary/aromatic N) is 2. The highest BCUT2D eigenvalue weighted by Gasteiger charge is 2.38. The van der Waals surface area contributed by atoms with Gasteiger partial charge in [0.1, 0.15) is 11.8 Å². The average molecular weight is 417 g/mol. The Bertz CT molecular complexity index is 1180. The van der Waals surface area contributed by atoms with Crippen molar-refractivity contribution >= 4 is 16.7 Å². The lowest BCUT2D eigenvalue weighted by Gasteiger charge is -2.15. The molecule has 0 radical (unpaired) electrons. The fourth-order valence-electron chi connectivity index (χ4n) is 2.84. The van der Waals surface area contributed by atoms with Crippen molar-refractivity contribution in [2.75, 3.05) is 0 Å². The molecule has 0 fully saturated rings. The SMILES string of the molecule is CC(N)c1ccc2c(=O)n(C)c(C#N)c(-c3ccccc3)c2c1.O=C(O)C(F)(F)F. The Kier molecular flexibility index (Phi) is 6.64. The second-order valence-electron chi connectivity index (χ2n) is 6.46. The van der Waals surface area contributed by atoms with Crippen LogP contribution in [0.4, 0.5) is 13.2 Å². The quantitative estimate of drug-likeness (QED) is 0.660. The van der Waals surface area contributed by atoms with Gasteiger partial charge in [0.15, 0.2) is 0 Å². The van der Waals surface area contributed by atoms with Gasteiger partial charge >= 0.3 is 12.1 Å². The van der Waals surface area contributed by atoms with Crippen LogP contribution in [0.1, 0.15) is 24.2 Å². The number of hydrogen-bond acceptors (Lipinski definition) is 4. The second-order valence-corrected chi connectivity index (χ2v) is 6.46. The molecule has 0 aliphatic heterocycles. The molecular weight excluding hydrogens is 399 g/mol. The highest BCUT2D eigenvalue weighted by atomic mass is 19.4. The van der Waals surface area contributed by atoms with Crippen molar-refractivity contribution in [3.63, 3.8) is 0 Å². The van der Waals surface area contributed by atoms with E-state index in [1.54, 1.807) is 13.1 Å². The number of nitriles is 1. The Morgan fingerprint density at radius 1 is 1.17 bits per heavy atom. The summed E-state index contributed by atoms with van der Waals surface area (Å²) in [6, 6.07) is 17.3. The van der Waals surface area contributed by atoms with E-state index >= 15 is 0 Å². The first-order valence-corrected chi connectivity index (χ1v) is 8.66. The van der Waals surface area contributed by atoms with Gasteiger partial charge in [-0.1, -0.05) is 36.4 Å². The maximum atomic E-state index is 12.6. The molecule has 0 aliphatic rings. The first kappa shape index (κ1) is 22.6. The van der Waals surface area contributed by atoms with Crippen molar-refractivity contribution in [2.24, 2.45) is 12.8 Å². The number of hydrogen-bond donors (Lipinski definition) is 2. The molecule has 0 bridgehead atoms. The number of carboxylic acids is 1. The molecule has 2 aromatic carbocycles. The number of nitrogens with two attached hydrogens (primary N) is 1. The number of aliphatic carboxylic acids is 1. The van der Waals surface area contributed by atoms with E-state index < -0.39 is 12.1 Å². The summed E-state index contributed by atoms with van der Waals surface area (Å²) in [6.07, 6.45) is -5.08. The van der Waals surface area contributed by atoms with Crippen molar-refractivity contribution in [3.8, 4) is 17.2 Å². The maximum absolute atomic E-state index is 12.6. The molecule has 3 aromatic rings. The summed E-state index contributed by atoms with van der Waals surface area (Å²) in [7, 11) is 1.63. The monoisotopic (exact) mass is 417 g/mol. The van der Waals surface area contributed by atoms with Gasteiger partial charge < -0.3 is 15.4 Å². The molecule has 1 heterocycles. The molecule has 3 N–H and O–H groups in total. The molecule has 1 unspecified atom stereocenters. The number of carbonyl (C=O) groups is 1. The molecule has 9 heteroatoms. The number of fused-ring (bicyclic) bond motifs is 1. The van der Waals surface area contributed by atoms with E-state index in [1.807, 2.05) is 49.4 Å². The van der Waals surface area contributed by atoms with E-state index in [2.05, 4.69) is 6.07 Å². The Labute approximate surface area is 169 Å². The van der Waals surface area contributed by atoms with E-state index in [0.717, 1.165) is 22.1 Å². The number of aromatic nitrogens is 1. The lowest BCUT2D eigenvalue weighted by Crippen LogP contribution is -2.21. The fraction of sp³-hybridized carbons (Fsp3) is 0.190. The lowest BCUT2D eigenvalue weighted by atomic mass is 9.94. The molecule has 30 heavy (non-hydrogen) atoms. The van der Waals surface area contributed by atoms with E-state index in [-0.39, 0.29) is 11.6 Å². The fourth-order valence-corrected chi connectivity index (χ4v) is 2.84. The number of halogens is 3. The highest BCUT2D eigenvalue weighted by molar-refractivity contribution is 5.98. The van der Waals surface area contributed by atoms with Gasteiger partial charge in [-0.3, -0.25) is 4.79 Å². The third kappa shape index (κ3) is 4.67. The van der Waals surface area contributed by atoms with Gasteiger partial charge in [-0.15, -0.1) is 0 Å². The number of alkyl halides is 3. The van der Waals surface area contributed by atoms with Gasteiger partial charge in [0, 0.05) is 24.0 Å². The zero-order valence-corrected chi connectivity index (χ0v) is 16.1. The molecule has 0 saturated heterocycles. The van der Waals surface area contributed by atoms with Crippen molar-refractivity contribution in [1.82, 2.24) is 4.57 Å². The molecule has 0 aliphatic carbocycles. The first-order chi connectivity index (χ1) is 14.0. The minimum Gasteiger partial charge on any atom is -0.475 e. The van der Waals surface area contributed by atoms with Crippen LogP contribution < -0.4 is 11.3 Å². The van der Waals surface area contributed by atoms with E-state index in [1.165, 1.54) is 4.57 Å². The van der Waals surface area contributed by atoms with Gasteiger partial charge in [0.25, 0.3) is 5.56 Å². The first-order valence-electron chi connectivity index (χ1n) is 8.66. The summed E-state index contributed by atoms with van der Waals surface area (Å²) in [5.41, 5.74) is 8.78. The van der Waals surface area contributed by atoms with Crippen LogP contribution in [-0.4, -0.2) is 21.8 Å². The van der Waals surface area contributed by atoms with Crippen LogP contribution in [0.3, 0.4) is 0 Å². The van der Waals surface area contributed by atoms with E-state index in [0.29, 0.717) is 11.1 Å². The summed E-state index contributed by atoms with van der Waals surface area (Å²) in [4.78, 5) is 21.4. The van der Waals surface area contributed by atoms with Crippen LogP contribution in [0.5, 0.6) is 0 Å². The zero-order valence-electron chi connectivity index (χ0n) is 16.1. The van der Waals surface area contributed by atoms with E-state index in [4.69, 9.17) is 15.6 Å². The Hall–Kier alpha value is -3.64. The van der Waals surface area contributed by atoms with Gasteiger partial charge in [0.2, 0.25) is 0 Å². The predicted octanol–water partition coefficient (Wildman–Crippen LogP) is 3.73. The molecule has 156 valence electrons. The van der Waals surface area contributed by atoms with Crippen LogP contribution in [0.2, 0.25) is 0 Å². The smallest absolute Gasteiger partial charge is 0.475 e. The summed E-state index contributed by atoms with van der Waals surface area (Å²) < 4.78 is 33.1. The topological polar surface area (TPSA) is 109 Å². The van der Waals surface area contributed by atoms with Gasteiger partial charge in [0.05, 0.1) is 0 Å². The lowest BCUT2D eigenvalue weighted by molar-refractivity contribution is -0.192. The summed E-state index contributed by atoms with van der Waals surface area (Å²) in [5.74, 6) is -2.76. The van der Waals surface area contributed by atoms with Crippen LogP contribution >= 0.6 is 0 Å². The number of carboxylic acid groups (broad SMARTS) is 1. The second kappa shape index (κ2) is 8.80. The van der Waals surface area contributed by atoms with Crippen LogP contribution in [-0.2, 0) is 11.8 Å². The molecule has 0 amide bonds. The minimum atomic E-state index is -5.08. The third-order valence-electron chi connectivity index (χ3n) is 4.36. The number of rotatable bonds is 2. The summed E-state index contributed by atoms with van der Waals surface area (Å²) in [6.45, 7) is 1.90. The van der Waals surface area contributed by atoms with Crippen LogP contribution in [0.15, 0.2) is 53.3 Å². The average Bonchev–Trinajstić information content (AvgIpc) is 2.70. The van der Waals surface area contributed by atoms with Crippen molar-refractivity contribution in [3.05, 3.63) is 70.1 Å². The van der Waals surface area contributed by atoms with Gasteiger partial charge in [-0.25, -0.2) is 4.79 Å². The Morgan fingerprint density at radius 2 is 1.73 bits per heavy atom. The molecule has 1 aromatic heterocycles. The summed E-state index contributed by atoms with van der Waals surface area (Å²) >= 11 is 0. The highest BCUT2D eigenvalue weighted by Crippen LogP contribution is 2.31. The molecule has 3 rings (SSSR count). The maximum Gasteiger partial charge on any atom is 0.490 e. The Morgan fingerprint density at radius 3 is 2.20 bits per heavy atom. The van der Waals surface area contributed by atoms with Crippen molar-refractivity contribution < 1.29 is 23.1 Å².